The molecule has 0 aliphatic carbocycles. The smallest absolute Gasteiger partial charge is 0.462 e. The number of aliphatic hydroxyl groups is 1. The van der Waals surface area contributed by atoms with Crippen molar-refractivity contribution in [2.24, 2.45) is 0 Å². The van der Waals surface area contributed by atoms with Crippen LogP contribution in [-0.4, -0.2) is 96.7 Å². The van der Waals surface area contributed by atoms with Crippen molar-refractivity contribution in [3.05, 3.63) is 48.6 Å². The summed E-state index contributed by atoms with van der Waals surface area (Å²) < 4.78 is 68.6. The number of phosphoric acid groups is 2. The quantitative estimate of drug-likeness (QED) is 0.0169. The Hall–Kier alpha value is -2.98. The Bertz CT molecular complexity index is 2080. The highest BCUT2D eigenvalue weighted by Gasteiger charge is 2.30. The zero-order valence-corrected chi connectivity index (χ0v) is 65.9. The molecule has 100 heavy (non-hydrogen) atoms. The summed E-state index contributed by atoms with van der Waals surface area (Å²) in [6, 6.07) is 0. The third-order valence-corrected chi connectivity index (χ3v) is 19.7. The lowest BCUT2D eigenvalue weighted by molar-refractivity contribution is -0.161. The van der Waals surface area contributed by atoms with Gasteiger partial charge in [0.2, 0.25) is 0 Å². The Morgan fingerprint density at radius 1 is 0.280 bits per heavy atom. The van der Waals surface area contributed by atoms with Crippen molar-refractivity contribution in [1.29, 1.82) is 0 Å². The number of hydrogen-bond acceptors (Lipinski definition) is 15. The summed E-state index contributed by atoms with van der Waals surface area (Å²) >= 11 is 0. The van der Waals surface area contributed by atoms with E-state index >= 15 is 0 Å². The van der Waals surface area contributed by atoms with E-state index in [2.05, 4.69) is 64.2 Å². The minimum Gasteiger partial charge on any atom is -0.462 e. The number of allylic oxidation sites excluding steroid dienone is 8. The number of carbonyl (C=O) groups is 4. The van der Waals surface area contributed by atoms with Crippen LogP contribution in [0, 0.1) is 0 Å². The Morgan fingerprint density at radius 2 is 0.500 bits per heavy atom. The van der Waals surface area contributed by atoms with Crippen molar-refractivity contribution in [3.63, 3.8) is 0 Å². The predicted molar refractivity (Wildman–Crippen MR) is 409 cm³/mol. The molecule has 0 rings (SSSR count). The predicted octanol–water partition coefficient (Wildman–Crippen LogP) is 23.7. The third kappa shape index (κ3) is 73.3. The van der Waals surface area contributed by atoms with Gasteiger partial charge in [0.15, 0.2) is 12.2 Å². The van der Waals surface area contributed by atoms with Gasteiger partial charge in [-0.15, -0.1) is 0 Å². The molecular formula is C81H150O17P2. The summed E-state index contributed by atoms with van der Waals surface area (Å²) in [5.74, 6) is -2.19. The average Bonchev–Trinajstić information content (AvgIpc) is 0.943. The highest BCUT2D eigenvalue weighted by atomic mass is 31.2. The summed E-state index contributed by atoms with van der Waals surface area (Å²) in [6.45, 7) is 4.88. The second kappa shape index (κ2) is 74.3. The van der Waals surface area contributed by atoms with Crippen molar-refractivity contribution in [3.8, 4) is 0 Å². The van der Waals surface area contributed by atoms with Crippen molar-refractivity contribution < 1.29 is 80.2 Å². The number of esters is 4. The molecule has 3 N–H and O–H groups in total. The second-order valence-electron chi connectivity index (χ2n) is 27.7. The molecule has 0 aromatic carbocycles. The first-order valence-electron chi connectivity index (χ1n) is 40.9. The molecular weight excluding hydrogens is 1310 g/mol. The standard InChI is InChI=1S/C81H150O17P2/c1-5-9-13-17-21-25-29-33-35-37-39-43-45-49-53-57-61-65-78(83)91-71-76(97-80(85)67-63-59-55-51-47-41-31-27-23-19-15-11-7-3)73-95-99(87,88)93-69-75(82)70-94-100(89,90)96-74-77(98-81(86)68-64-60-56-52-48-42-32-28-24-20-16-12-8-4)72-92-79(84)66-62-58-54-50-46-44-40-38-36-34-30-26-22-18-14-10-6-2/h21,25,33,35,39,43,49,53,75-77,82H,5-20,22-24,26-32,34,36-38,40-42,44-48,50-52,54-74H2,1-4H3,(H,87,88)(H,89,90)/b25-21-,35-33-,43-39-,53-49-/t75-,76+,77+/m0/s1. The van der Waals surface area contributed by atoms with Gasteiger partial charge in [-0.05, 0) is 64.2 Å². The molecule has 0 fully saturated rings. The Morgan fingerprint density at radius 3 is 0.790 bits per heavy atom. The van der Waals surface area contributed by atoms with E-state index in [4.69, 9.17) is 37.0 Å². The van der Waals surface area contributed by atoms with E-state index < -0.39 is 97.5 Å². The molecule has 0 radical (unpaired) electrons. The van der Waals surface area contributed by atoms with Crippen LogP contribution in [-0.2, 0) is 65.4 Å². The monoisotopic (exact) mass is 1460 g/mol. The first kappa shape index (κ1) is 97.0. The SMILES string of the molecule is CCCCC/C=C\C/C=C\C/C=C\C/C=C\CCCC(=O)OC[C@H](COP(=O)(O)OC[C@H](O)COP(=O)(O)OC[C@@H](COC(=O)CCCCCCCCCCCCCCCCCCC)OC(=O)CCCCCCCCCCCCCCC)OC(=O)CCCCCCCCCCCCCCC. The molecule has 19 heteroatoms. The summed E-state index contributed by atoms with van der Waals surface area (Å²) in [4.78, 5) is 73.0. The maximum Gasteiger partial charge on any atom is 0.472 e. The summed E-state index contributed by atoms with van der Waals surface area (Å²) in [5.41, 5.74) is 0. The molecule has 0 spiro atoms. The lowest BCUT2D eigenvalue weighted by Gasteiger charge is -2.21. The van der Waals surface area contributed by atoms with E-state index in [9.17, 15) is 43.2 Å². The summed E-state index contributed by atoms with van der Waals surface area (Å²) in [6.07, 6.45) is 72.3. The molecule has 5 atom stereocenters. The Kier molecular flexibility index (Phi) is 72.1. The van der Waals surface area contributed by atoms with Crippen molar-refractivity contribution in [1.82, 2.24) is 0 Å². The number of phosphoric ester groups is 2. The highest BCUT2D eigenvalue weighted by molar-refractivity contribution is 7.47. The van der Waals surface area contributed by atoms with Gasteiger partial charge in [0.1, 0.15) is 19.3 Å². The van der Waals surface area contributed by atoms with Crippen LogP contribution in [0.2, 0.25) is 0 Å². The highest BCUT2D eigenvalue weighted by Crippen LogP contribution is 2.45. The van der Waals surface area contributed by atoms with E-state index in [1.54, 1.807) is 0 Å². The molecule has 0 heterocycles. The van der Waals surface area contributed by atoms with Crippen LogP contribution in [0.5, 0.6) is 0 Å². The molecule has 0 saturated heterocycles. The number of rotatable bonds is 78. The Balaban J connectivity index is 5.32. The van der Waals surface area contributed by atoms with Gasteiger partial charge in [-0.1, -0.05) is 346 Å². The molecule has 0 aromatic rings. The Labute approximate surface area is 610 Å². The fourth-order valence-electron chi connectivity index (χ4n) is 11.6. The minimum atomic E-state index is -4.98. The van der Waals surface area contributed by atoms with Gasteiger partial charge in [0, 0.05) is 25.7 Å². The molecule has 17 nitrogen and oxygen atoms in total. The zero-order valence-electron chi connectivity index (χ0n) is 64.1. The largest absolute Gasteiger partial charge is 0.472 e. The van der Waals surface area contributed by atoms with Crippen LogP contribution in [0.3, 0.4) is 0 Å². The molecule has 586 valence electrons. The fraction of sp³-hybridized carbons (Fsp3) is 0.852. The normalized spacial score (nSPS) is 14.1. The van der Waals surface area contributed by atoms with Crippen LogP contribution in [0.25, 0.3) is 0 Å². The molecule has 0 amide bonds. The molecule has 0 aromatic heterocycles. The van der Waals surface area contributed by atoms with E-state index in [0.29, 0.717) is 32.1 Å². The fourth-order valence-corrected chi connectivity index (χ4v) is 13.1. The third-order valence-electron chi connectivity index (χ3n) is 17.8. The van der Waals surface area contributed by atoms with Crippen LogP contribution < -0.4 is 0 Å². The number of ether oxygens (including phenoxy) is 4. The van der Waals surface area contributed by atoms with Gasteiger partial charge in [-0.3, -0.25) is 37.3 Å². The molecule has 2 unspecified atom stereocenters. The van der Waals surface area contributed by atoms with Crippen LogP contribution in [0.1, 0.15) is 387 Å². The number of carbonyl (C=O) groups excluding carboxylic acids is 4. The van der Waals surface area contributed by atoms with Gasteiger partial charge in [-0.25, -0.2) is 9.13 Å². The number of hydrogen-bond donors (Lipinski definition) is 3. The lowest BCUT2D eigenvalue weighted by atomic mass is 10.0. The van der Waals surface area contributed by atoms with Crippen molar-refractivity contribution >= 4 is 39.5 Å². The van der Waals surface area contributed by atoms with E-state index in [0.717, 1.165) is 96.3 Å². The first-order valence-corrected chi connectivity index (χ1v) is 43.9. The topological polar surface area (TPSA) is 237 Å². The number of aliphatic hydroxyl groups excluding tert-OH is 1. The second-order valence-corrected chi connectivity index (χ2v) is 30.6. The first-order chi connectivity index (χ1) is 48.7. The van der Waals surface area contributed by atoms with Gasteiger partial charge in [0.05, 0.1) is 26.4 Å². The maximum atomic E-state index is 13.1. The summed E-state index contributed by atoms with van der Waals surface area (Å²) in [7, 11) is -9.94. The molecule has 0 aliphatic heterocycles. The van der Waals surface area contributed by atoms with Crippen LogP contribution in [0.4, 0.5) is 0 Å². The molecule has 0 aliphatic rings. The van der Waals surface area contributed by atoms with Crippen LogP contribution >= 0.6 is 15.6 Å². The molecule has 0 bridgehead atoms. The molecule has 0 saturated carbocycles. The van der Waals surface area contributed by atoms with Gasteiger partial charge in [-0.2, -0.15) is 0 Å². The van der Waals surface area contributed by atoms with Crippen molar-refractivity contribution in [2.75, 3.05) is 39.6 Å². The van der Waals surface area contributed by atoms with Gasteiger partial charge < -0.3 is 33.8 Å². The minimum absolute atomic E-state index is 0.0909. The summed E-state index contributed by atoms with van der Waals surface area (Å²) in [5, 5.41) is 10.6. The van der Waals surface area contributed by atoms with E-state index in [1.165, 1.54) is 205 Å². The van der Waals surface area contributed by atoms with E-state index in [-0.39, 0.29) is 25.7 Å². The van der Waals surface area contributed by atoms with Gasteiger partial charge >= 0.3 is 39.5 Å². The number of unbranched alkanes of at least 4 members (excludes halogenated alkanes) is 44. The van der Waals surface area contributed by atoms with Crippen LogP contribution in [0.15, 0.2) is 48.6 Å². The zero-order chi connectivity index (χ0) is 73.2. The lowest BCUT2D eigenvalue weighted by Crippen LogP contribution is -2.30. The van der Waals surface area contributed by atoms with Crippen molar-refractivity contribution in [2.45, 2.75) is 406 Å². The average molecular weight is 1460 g/mol. The van der Waals surface area contributed by atoms with E-state index in [1.807, 2.05) is 12.2 Å². The van der Waals surface area contributed by atoms with Gasteiger partial charge in [0.25, 0.3) is 0 Å². The maximum absolute atomic E-state index is 13.1.